The summed E-state index contributed by atoms with van der Waals surface area (Å²) in [6, 6.07) is 0. The number of hydrogen-bond acceptors (Lipinski definition) is 10. The van der Waals surface area contributed by atoms with E-state index in [2.05, 4.69) is 0 Å². The molecule has 0 aromatic rings. The average molecular weight is 484 g/mol. The number of allylic oxidation sites excluding steroid dienone is 2. The van der Waals surface area contributed by atoms with E-state index >= 15 is 0 Å². The Morgan fingerprint density at radius 2 is 1.18 bits per heavy atom. The van der Waals surface area contributed by atoms with E-state index in [0.717, 1.165) is 11.3 Å². The van der Waals surface area contributed by atoms with Crippen LogP contribution in [0.2, 0.25) is 0 Å². The molecule has 0 spiro atoms. The normalized spacial score (nSPS) is 26.3. The summed E-state index contributed by atoms with van der Waals surface area (Å²) in [6.45, 7) is 0.137. The Morgan fingerprint density at radius 1 is 0.824 bits per heavy atom. The lowest BCUT2D eigenvalue weighted by molar-refractivity contribution is -0.177. The van der Waals surface area contributed by atoms with Crippen LogP contribution in [0.5, 0.6) is 0 Å². The van der Waals surface area contributed by atoms with Gasteiger partial charge in [-0.3, -0.25) is 24.1 Å². The highest BCUT2D eigenvalue weighted by Gasteiger charge is 2.63. The molecule has 2 bridgehead atoms. The fourth-order valence-electron chi connectivity index (χ4n) is 4.75. The highest BCUT2D eigenvalue weighted by Crippen LogP contribution is 2.53. The molecule has 3 aliphatic rings. The van der Waals surface area contributed by atoms with E-state index in [0.29, 0.717) is 0 Å². The largest absolute Gasteiger partial charge is 0.462 e. The summed E-state index contributed by atoms with van der Waals surface area (Å²) < 4.78 is 10.6. The van der Waals surface area contributed by atoms with E-state index in [1.165, 1.54) is 20.8 Å². The van der Waals surface area contributed by atoms with Crippen molar-refractivity contribution in [1.82, 2.24) is 4.90 Å². The smallest absolute Gasteiger partial charge is 0.316 e. The van der Waals surface area contributed by atoms with Crippen molar-refractivity contribution in [2.24, 2.45) is 34.5 Å². The lowest BCUT2D eigenvalue weighted by atomic mass is 9.85. The number of likely N-dealkylation sites (tertiary alicyclic amines) is 1. The number of carbonyl (C=O) groups excluding carboxylic acids is 4. The maximum Gasteiger partial charge on any atom is 0.316 e. The highest BCUT2D eigenvalue weighted by atomic mass is 16.6. The van der Waals surface area contributed by atoms with E-state index in [1.807, 2.05) is 12.2 Å². The molecule has 0 aromatic carbocycles. The van der Waals surface area contributed by atoms with Gasteiger partial charge in [-0.2, -0.15) is 0 Å². The van der Waals surface area contributed by atoms with Crippen molar-refractivity contribution in [1.29, 1.82) is 0 Å². The Morgan fingerprint density at radius 3 is 1.50 bits per heavy atom. The molecular formula is C23H33NO10. The van der Waals surface area contributed by atoms with Crippen LogP contribution in [-0.2, 0) is 28.7 Å². The number of amides is 2. The van der Waals surface area contributed by atoms with Gasteiger partial charge in [-0.15, -0.1) is 0 Å². The van der Waals surface area contributed by atoms with Crippen LogP contribution < -0.4 is 0 Å². The SMILES string of the molecule is CC(CO)(CO)C(=O)OCC(C)(COC(=O)C(C)(CO)CO)N1C(=O)C2C3C=CC(C3)C2C1=O. The molecule has 0 radical (unpaired) electrons. The summed E-state index contributed by atoms with van der Waals surface area (Å²) in [5.74, 6) is -3.99. The first-order valence-electron chi connectivity index (χ1n) is 11.3. The molecule has 3 rings (SSSR count). The number of aliphatic hydroxyl groups excluding tert-OH is 4. The van der Waals surface area contributed by atoms with Crippen LogP contribution in [0.3, 0.4) is 0 Å². The van der Waals surface area contributed by atoms with E-state index in [4.69, 9.17) is 9.47 Å². The van der Waals surface area contributed by atoms with Crippen molar-refractivity contribution in [3.63, 3.8) is 0 Å². The third kappa shape index (κ3) is 4.15. The van der Waals surface area contributed by atoms with Gasteiger partial charge >= 0.3 is 11.9 Å². The summed E-state index contributed by atoms with van der Waals surface area (Å²) >= 11 is 0. The number of esters is 2. The van der Waals surface area contributed by atoms with Gasteiger partial charge in [-0.25, -0.2) is 0 Å². The summed E-state index contributed by atoms with van der Waals surface area (Å²) in [7, 11) is 0. The molecule has 2 amide bonds. The first-order valence-corrected chi connectivity index (χ1v) is 11.3. The van der Waals surface area contributed by atoms with Crippen molar-refractivity contribution in [2.75, 3.05) is 39.6 Å². The summed E-state index contributed by atoms with van der Waals surface area (Å²) in [5.41, 5.74) is -4.81. The molecule has 1 heterocycles. The van der Waals surface area contributed by atoms with Gasteiger partial charge in [0.05, 0.1) is 38.3 Å². The van der Waals surface area contributed by atoms with E-state index in [-0.39, 0.29) is 11.8 Å². The number of imide groups is 1. The number of fused-ring (bicyclic) bond motifs is 5. The Labute approximate surface area is 197 Å². The zero-order valence-corrected chi connectivity index (χ0v) is 19.6. The number of nitrogens with zero attached hydrogens (tertiary/aromatic N) is 1. The van der Waals surface area contributed by atoms with Gasteiger partial charge in [0.25, 0.3) is 0 Å². The second-order valence-corrected chi connectivity index (χ2v) is 10.4. The summed E-state index contributed by atoms with van der Waals surface area (Å²) in [5, 5.41) is 37.9. The Bertz CT molecular complexity index is 811. The molecular weight excluding hydrogens is 450 g/mol. The maximum atomic E-state index is 13.4. The van der Waals surface area contributed by atoms with Gasteiger partial charge in [-0.1, -0.05) is 12.2 Å². The zero-order chi connectivity index (χ0) is 25.5. The minimum Gasteiger partial charge on any atom is -0.462 e. The van der Waals surface area contributed by atoms with Gasteiger partial charge in [0.15, 0.2) is 0 Å². The van der Waals surface area contributed by atoms with Crippen LogP contribution in [-0.4, -0.2) is 94.3 Å². The number of carbonyl (C=O) groups is 4. The van der Waals surface area contributed by atoms with Crippen LogP contribution in [0.15, 0.2) is 12.2 Å². The Balaban J connectivity index is 1.86. The molecule has 1 saturated carbocycles. The molecule has 190 valence electrons. The van der Waals surface area contributed by atoms with Crippen molar-refractivity contribution < 1.29 is 49.1 Å². The first-order chi connectivity index (χ1) is 15.9. The molecule has 1 aliphatic heterocycles. The van der Waals surface area contributed by atoms with Crippen molar-refractivity contribution in [2.45, 2.75) is 32.7 Å². The monoisotopic (exact) mass is 483 g/mol. The van der Waals surface area contributed by atoms with Crippen molar-refractivity contribution >= 4 is 23.8 Å². The summed E-state index contributed by atoms with van der Waals surface area (Å²) in [6.07, 6.45) is 4.58. The number of rotatable bonds is 11. The summed E-state index contributed by atoms with van der Waals surface area (Å²) in [4.78, 5) is 52.8. The number of ether oxygens (including phenoxy) is 2. The number of aliphatic hydroxyl groups is 4. The lowest BCUT2D eigenvalue weighted by Gasteiger charge is -2.38. The maximum absolute atomic E-state index is 13.4. The number of hydrogen-bond donors (Lipinski definition) is 4. The standard InChI is InChI=1S/C23H33NO10/c1-21(7-25,8-26)19(31)33-11-23(3,12-34-20(32)22(2,9-27)10-28)24-17(29)15-13-4-5-14(6-13)16(15)18(24)30/h4-5,13-16,25-28H,6-12H2,1-3H3. The molecule has 11 nitrogen and oxygen atoms in total. The van der Waals surface area contributed by atoms with E-state index in [1.54, 1.807) is 0 Å². The Hall–Kier alpha value is -2.34. The van der Waals surface area contributed by atoms with Crippen LogP contribution in [0.1, 0.15) is 27.2 Å². The quantitative estimate of drug-likeness (QED) is 0.156. The van der Waals surface area contributed by atoms with Crippen LogP contribution in [0.4, 0.5) is 0 Å². The molecule has 2 aliphatic carbocycles. The van der Waals surface area contributed by atoms with Crippen LogP contribution in [0, 0.1) is 34.5 Å². The van der Waals surface area contributed by atoms with E-state index in [9.17, 15) is 39.6 Å². The first kappa shape index (κ1) is 26.3. The lowest BCUT2D eigenvalue weighted by Crippen LogP contribution is -2.58. The molecule has 2 fully saturated rings. The van der Waals surface area contributed by atoms with Crippen LogP contribution in [0.25, 0.3) is 0 Å². The van der Waals surface area contributed by atoms with Gasteiger partial charge in [0.1, 0.15) is 29.6 Å². The fourth-order valence-corrected chi connectivity index (χ4v) is 4.75. The van der Waals surface area contributed by atoms with Gasteiger partial charge in [-0.05, 0) is 39.0 Å². The predicted molar refractivity (Wildman–Crippen MR) is 114 cm³/mol. The van der Waals surface area contributed by atoms with E-state index < -0.39 is 91.6 Å². The fraction of sp³-hybridized carbons (Fsp3) is 0.739. The second kappa shape index (κ2) is 9.37. The molecule has 4 atom stereocenters. The Kier molecular flexibility index (Phi) is 7.24. The zero-order valence-electron chi connectivity index (χ0n) is 19.6. The molecule has 11 heteroatoms. The molecule has 4 unspecified atom stereocenters. The van der Waals surface area contributed by atoms with Gasteiger partial charge < -0.3 is 29.9 Å². The van der Waals surface area contributed by atoms with Crippen molar-refractivity contribution in [3.05, 3.63) is 12.2 Å². The third-order valence-electron chi connectivity index (χ3n) is 7.42. The predicted octanol–water partition coefficient (Wildman–Crippen LogP) is -1.38. The van der Waals surface area contributed by atoms with Gasteiger partial charge in [0.2, 0.25) is 11.8 Å². The molecule has 1 saturated heterocycles. The highest BCUT2D eigenvalue weighted by molar-refractivity contribution is 6.07. The average Bonchev–Trinajstić information content (AvgIpc) is 3.53. The van der Waals surface area contributed by atoms with Gasteiger partial charge in [0, 0.05) is 0 Å². The minimum atomic E-state index is -1.61. The molecule has 0 aromatic heterocycles. The molecule has 34 heavy (non-hydrogen) atoms. The third-order valence-corrected chi connectivity index (χ3v) is 7.42. The topological polar surface area (TPSA) is 171 Å². The molecule has 4 N–H and O–H groups in total. The van der Waals surface area contributed by atoms with Crippen LogP contribution >= 0.6 is 0 Å². The van der Waals surface area contributed by atoms with Crippen molar-refractivity contribution in [3.8, 4) is 0 Å². The minimum absolute atomic E-state index is 0.0649. The second-order valence-electron chi connectivity index (χ2n) is 10.4.